The van der Waals surface area contributed by atoms with Gasteiger partial charge in [-0.15, -0.1) is 0 Å². The number of benzene rings is 2. The van der Waals surface area contributed by atoms with Crippen molar-refractivity contribution in [2.24, 2.45) is 0 Å². The topological polar surface area (TPSA) is 41.1 Å². The lowest BCUT2D eigenvalue weighted by Gasteiger charge is -2.12. The minimum atomic E-state index is -4.50. The second-order valence-corrected chi connectivity index (χ2v) is 5.40. The first kappa shape index (κ1) is 17.1. The van der Waals surface area contributed by atoms with Crippen molar-refractivity contribution in [2.45, 2.75) is 19.6 Å². The molecule has 0 spiro atoms. The van der Waals surface area contributed by atoms with Crippen LogP contribution in [0.25, 0.3) is 0 Å². The summed E-state index contributed by atoms with van der Waals surface area (Å²) < 4.78 is 38.0. The first-order chi connectivity index (χ1) is 10.8. The molecule has 2 rings (SSSR count). The van der Waals surface area contributed by atoms with Crippen LogP contribution in [0.5, 0.6) is 0 Å². The van der Waals surface area contributed by atoms with E-state index >= 15 is 0 Å². The van der Waals surface area contributed by atoms with E-state index < -0.39 is 17.8 Å². The molecule has 0 aliphatic heterocycles. The molecule has 2 N–H and O–H groups in total. The van der Waals surface area contributed by atoms with Crippen molar-refractivity contribution >= 4 is 23.3 Å². The standard InChI is InChI=1S/C16H14ClF3N2O/c1-10-3-2-4-11(7-10)9-21-15(23)22-14-8-12(16(18,19)20)5-6-13(14)17/h2-8H,9H2,1H3,(H2,21,22,23). The van der Waals surface area contributed by atoms with Crippen LogP contribution in [0.1, 0.15) is 16.7 Å². The van der Waals surface area contributed by atoms with Crippen molar-refractivity contribution in [1.29, 1.82) is 0 Å². The lowest BCUT2D eigenvalue weighted by molar-refractivity contribution is -0.137. The number of nitrogens with one attached hydrogen (secondary N) is 2. The number of rotatable bonds is 3. The summed E-state index contributed by atoms with van der Waals surface area (Å²) in [4.78, 5) is 11.8. The van der Waals surface area contributed by atoms with Gasteiger partial charge >= 0.3 is 12.2 Å². The van der Waals surface area contributed by atoms with Crippen LogP contribution in [0.3, 0.4) is 0 Å². The van der Waals surface area contributed by atoms with Gasteiger partial charge in [0, 0.05) is 6.54 Å². The summed E-state index contributed by atoms with van der Waals surface area (Å²) in [7, 11) is 0. The molecule has 0 atom stereocenters. The van der Waals surface area contributed by atoms with Gasteiger partial charge in [-0.1, -0.05) is 41.4 Å². The maximum Gasteiger partial charge on any atom is 0.416 e. The summed E-state index contributed by atoms with van der Waals surface area (Å²) in [5.74, 6) is 0. The zero-order chi connectivity index (χ0) is 17.0. The number of carbonyl (C=O) groups excluding carboxylic acids is 1. The SMILES string of the molecule is Cc1cccc(CNC(=O)Nc2cc(C(F)(F)F)ccc2Cl)c1. The Bertz CT molecular complexity index is 717. The molecule has 23 heavy (non-hydrogen) atoms. The van der Waals surface area contributed by atoms with Gasteiger partial charge in [0.25, 0.3) is 0 Å². The smallest absolute Gasteiger partial charge is 0.334 e. The van der Waals surface area contributed by atoms with Crippen LogP contribution in [-0.2, 0) is 12.7 Å². The molecule has 0 unspecified atom stereocenters. The average Bonchev–Trinajstić information content (AvgIpc) is 2.46. The number of anilines is 1. The van der Waals surface area contributed by atoms with E-state index in [0.717, 1.165) is 29.3 Å². The third-order valence-electron chi connectivity index (χ3n) is 3.08. The van der Waals surface area contributed by atoms with Crippen molar-refractivity contribution < 1.29 is 18.0 Å². The molecule has 0 aliphatic carbocycles. The molecule has 0 fully saturated rings. The molecule has 7 heteroatoms. The lowest BCUT2D eigenvalue weighted by Crippen LogP contribution is -2.28. The highest BCUT2D eigenvalue weighted by Gasteiger charge is 2.31. The van der Waals surface area contributed by atoms with Crippen LogP contribution >= 0.6 is 11.6 Å². The number of hydrogen-bond acceptors (Lipinski definition) is 1. The minimum absolute atomic E-state index is 0.0312. The number of carbonyl (C=O) groups is 1. The molecule has 0 aliphatic rings. The molecule has 0 saturated carbocycles. The number of hydrogen-bond donors (Lipinski definition) is 2. The normalized spacial score (nSPS) is 11.2. The molecule has 3 nitrogen and oxygen atoms in total. The number of urea groups is 1. The van der Waals surface area contributed by atoms with Gasteiger partial charge in [0.15, 0.2) is 0 Å². The predicted molar refractivity (Wildman–Crippen MR) is 83.5 cm³/mol. The van der Waals surface area contributed by atoms with E-state index in [9.17, 15) is 18.0 Å². The van der Waals surface area contributed by atoms with E-state index in [0.29, 0.717) is 0 Å². The average molecular weight is 343 g/mol. The predicted octanol–water partition coefficient (Wildman–Crippen LogP) is 4.99. The maximum absolute atomic E-state index is 12.7. The van der Waals surface area contributed by atoms with Gasteiger partial charge in [-0.2, -0.15) is 13.2 Å². The van der Waals surface area contributed by atoms with Gasteiger partial charge in [0.1, 0.15) is 0 Å². The molecule has 2 aromatic rings. The van der Waals surface area contributed by atoms with E-state index in [1.165, 1.54) is 0 Å². The van der Waals surface area contributed by atoms with Crippen molar-refractivity contribution in [3.05, 3.63) is 64.2 Å². The number of alkyl halides is 3. The van der Waals surface area contributed by atoms with Crippen LogP contribution in [0.15, 0.2) is 42.5 Å². The van der Waals surface area contributed by atoms with Gasteiger partial charge in [0.05, 0.1) is 16.3 Å². The minimum Gasteiger partial charge on any atom is -0.334 e. The van der Waals surface area contributed by atoms with E-state index in [-0.39, 0.29) is 17.3 Å². The van der Waals surface area contributed by atoms with E-state index in [4.69, 9.17) is 11.6 Å². The second kappa shape index (κ2) is 6.91. The molecule has 0 bridgehead atoms. The molecule has 0 aromatic heterocycles. The monoisotopic (exact) mass is 342 g/mol. The van der Waals surface area contributed by atoms with Crippen LogP contribution < -0.4 is 10.6 Å². The summed E-state index contributed by atoms with van der Waals surface area (Å²) >= 11 is 5.82. The highest BCUT2D eigenvalue weighted by Crippen LogP contribution is 2.33. The van der Waals surface area contributed by atoms with Crippen LogP contribution in [0.4, 0.5) is 23.7 Å². The number of aryl methyl sites for hydroxylation is 1. The largest absolute Gasteiger partial charge is 0.416 e. The quantitative estimate of drug-likeness (QED) is 0.810. The van der Waals surface area contributed by atoms with Gasteiger partial charge < -0.3 is 10.6 Å². The van der Waals surface area contributed by atoms with Crippen molar-refractivity contribution in [1.82, 2.24) is 5.32 Å². The Balaban J connectivity index is 2.02. The summed E-state index contributed by atoms with van der Waals surface area (Å²) in [5.41, 5.74) is 0.958. The van der Waals surface area contributed by atoms with Crippen molar-refractivity contribution in [2.75, 3.05) is 5.32 Å². The van der Waals surface area contributed by atoms with Gasteiger partial charge in [-0.05, 0) is 30.7 Å². The summed E-state index contributed by atoms with van der Waals surface area (Å²) in [6.45, 7) is 2.18. The maximum atomic E-state index is 12.7. The fourth-order valence-corrected chi connectivity index (χ4v) is 2.13. The molecule has 0 radical (unpaired) electrons. The Labute approximate surface area is 136 Å². The zero-order valence-corrected chi connectivity index (χ0v) is 12.9. The number of amides is 2. The van der Waals surface area contributed by atoms with Crippen LogP contribution in [0.2, 0.25) is 5.02 Å². The fourth-order valence-electron chi connectivity index (χ4n) is 1.97. The first-order valence-electron chi connectivity index (χ1n) is 6.73. The second-order valence-electron chi connectivity index (χ2n) is 4.99. The summed E-state index contributed by atoms with van der Waals surface area (Å²) in [6.07, 6.45) is -4.50. The fraction of sp³-hybridized carbons (Fsp3) is 0.188. The van der Waals surface area contributed by atoms with Crippen LogP contribution in [-0.4, -0.2) is 6.03 Å². The van der Waals surface area contributed by atoms with Crippen LogP contribution in [0, 0.1) is 6.92 Å². The summed E-state index contributed by atoms with van der Waals surface area (Å²) in [5, 5.41) is 4.93. The molecule has 2 amide bonds. The van der Waals surface area contributed by atoms with Crippen molar-refractivity contribution in [3.8, 4) is 0 Å². The molecule has 0 heterocycles. The first-order valence-corrected chi connectivity index (χ1v) is 7.10. The highest BCUT2D eigenvalue weighted by molar-refractivity contribution is 6.33. The third-order valence-corrected chi connectivity index (χ3v) is 3.41. The third kappa shape index (κ3) is 4.89. The van der Waals surface area contributed by atoms with E-state index in [2.05, 4.69) is 10.6 Å². The zero-order valence-electron chi connectivity index (χ0n) is 12.2. The molecule has 122 valence electrons. The Morgan fingerprint density at radius 3 is 2.57 bits per heavy atom. The van der Waals surface area contributed by atoms with Crippen molar-refractivity contribution in [3.63, 3.8) is 0 Å². The van der Waals surface area contributed by atoms with Gasteiger partial charge in [0.2, 0.25) is 0 Å². The van der Waals surface area contributed by atoms with E-state index in [1.807, 2.05) is 31.2 Å². The molecule has 0 saturated heterocycles. The van der Waals surface area contributed by atoms with Gasteiger partial charge in [-0.25, -0.2) is 4.79 Å². The Kier molecular flexibility index (Phi) is 5.15. The number of halogens is 4. The molecule has 2 aromatic carbocycles. The molecular weight excluding hydrogens is 329 g/mol. The molecular formula is C16H14ClF3N2O. The Hall–Kier alpha value is -2.21. The summed E-state index contributed by atoms with van der Waals surface area (Å²) in [6, 6.07) is 9.64. The Morgan fingerprint density at radius 1 is 1.17 bits per heavy atom. The lowest BCUT2D eigenvalue weighted by atomic mass is 10.1. The Morgan fingerprint density at radius 2 is 1.91 bits per heavy atom. The highest BCUT2D eigenvalue weighted by atomic mass is 35.5. The van der Waals surface area contributed by atoms with Gasteiger partial charge in [-0.3, -0.25) is 0 Å². The van der Waals surface area contributed by atoms with E-state index in [1.54, 1.807) is 0 Å².